The molecule has 1 atom stereocenters. The standard InChI is InChI=1S/C20H22N4O3S/c1-4-13-7-5-9-15(11-13)21-18(28)23-24-17(25)20(2,22-19(24)26)14-8-6-10-16(12-14)27-3/h5-12H,4H2,1-3H3,(H,22,26)(H2,21,23,28)/t20-/m1/s1. The van der Waals surface area contributed by atoms with Gasteiger partial charge in [-0.05, 0) is 61.0 Å². The molecule has 0 aliphatic carbocycles. The second-order valence-electron chi connectivity index (χ2n) is 6.55. The molecule has 1 saturated heterocycles. The van der Waals surface area contributed by atoms with E-state index in [1.807, 2.05) is 24.3 Å². The SMILES string of the molecule is CCc1cccc(NC(=S)NN2C(=O)N[C@](C)(c3cccc(OC)c3)C2=O)c1. The number of carbonyl (C=O) groups excluding carboxylic acids is 2. The minimum absolute atomic E-state index is 0.145. The van der Waals surface area contributed by atoms with Crippen LogP contribution in [0.5, 0.6) is 5.75 Å². The molecule has 0 bridgehead atoms. The van der Waals surface area contributed by atoms with Gasteiger partial charge in [-0.25, -0.2) is 4.79 Å². The van der Waals surface area contributed by atoms with Crippen molar-refractivity contribution >= 4 is 35.0 Å². The van der Waals surface area contributed by atoms with Crippen LogP contribution in [0.15, 0.2) is 48.5 Å². The van der Waals surface area contributed by atoms with Crippen molar-refractivity contribution in [2.24, 2.45) is 0 Å². The lowest BCUT2D eigenvalue weighted by molar-refractivity contribution is -0.132. The van der Waals surface area contributed by atoms with E-state index in [1.165, 1.54) is 0 Å². The van der Waals surface area contributed by atoms with E-state index in [2.05, 4.69) is 23.0 Å². The van der Waals surface area contributed by atoms with E-state index >= 15 is 0 Å². The van der Waals surface area contributed by atoms with E-state index in [0.717, 1.165) is 22.7 Å². The van der Waals surface area contributed by atoms with Crippen molar-refractivity contribution in [3.8, 4) is 5.75 Å². The first-order valence-electron chi connectivity index (χ1n) is 8.85. The van der Waals surface area contributed by atoms with E-state index in [-0.39, 0.29) is 5.11 Å². The second-order valence-corrected chi connectivity index (χ2v) is 6.96. The number of nitrogens with zero attached hydrogens (tertiary/aromatic N) is 1. The van der Waals surface area contributed by atoms with Crippen molar-refractivity contribution in [3.05, 3.63) is 59.7 Å². The molecule has 1 fully saturated rings. The highest BCUT2D eigenvalue weighted by molar-refractivity contribution is 7.80. The third-order valence-electron chi connectivity index (χ3n) is 4.64. The molecular formula is C20H22N4O3S. The first-order valence-corrected chi connectivity index (χ1v) is 9.26. The Morgan fingerprint density at radius 3 is 2.68 bits per heavy atom. The summed E-state index contributed by atoms with van der Waals surface area (Å²) in [7, 11) is 1.54. The smallest absolute Gasteiger partial charge is 0.344 e. The number of imide groups is 1. The Hall–Kier alpha value is -3.13. The van der Waals surface area contributed by atoms with Gasteiger partial charge in [0.05, 0.1) is 7.11 Å². The summed E-state index contributed by atoms with van der Waals surface area (Å²) in [6.07, 6.45) is 0.890. The summed E-state index contributed by atoms with van der Waals surface area (Å²) in [5, 5.41) is 6.75. The number of hydrogen-bond donors (Lipinski definition) is 3. The molecule has 1 heterocycles. The average Bonchev–Trinajstić information content (AvgIpc) is 2.92. The van der Waals surface area contributed by atoms with Crippen LogP contribution >= 0.6 is 12.2 Å². The zero-order valence-corrected chi connectivity index (χ0v) is 16.7. The van der Waals surface area contributed by atoms with E-state index in [4.69, 9.17) is 17.0 Å². The van der Waals surface area contributed by atoms with Crippen LogP contribution in [0, 0.1) is 0 Å². The summed E-state index contributed by atoms with van der Waals surface area (Å²) in [4.78, 5) is 25.4. The van der Waals surface area contributed by atoms with Gasteiger partial charge in [0.2, 0.25) is 0 Å². The summed E-state index contributed by atoms with van der Waals surface area (Å²) < 4.78 is 5.21. The lowest BCUT2D eigenvalue weighted by Crippen LogP contribution is -2.49. The molecule has 1 aliphatic heterocycles. The number of amides is 3. The second kappa shape index (κ2) is 7.85. The van der Waals surface area contributed by atoms with Crippen molar-refractivity contribution in [1.29, 1.82) is 0 Å². The van der Waals surface area contributed by atoms with Gasteiger partial charge < -0.3 is 15.4 Å². The molecule has 146 valence electrons. The van der Waals surface area contributed by atoms with Crippen molar-refractivity contribution in [2.45, 2.75) is 25.8 Å². The predicted molar refractivity (Wildman–Crippen MR) is 111 cm³/mol. The van der Waals surface area contributed by atoms with Crippen molar-refractivity contribution in [1.82, 2.24) is 15.8 Å². The number of nitrogens with one attached hydrogen (secondary N) is 3. The average molecular weight is 398 g/mol. The number of thiocarbonyl (C=S) groups is 1. The van der Waals surface area contributed by atoms with Gasteiger partial charge in [-0.3, -0.25) is 10.2 Å². The van der Waals surface area contributed by atoms with Crippen LogP contribution in [-0.4, -0.2) is 29.2 Å². The van der Waals surface area contributed by atoms with Gasteiger partial charge in [0.15, 0.2) is 5.11 Å². The number of anilines is 1. The molecule has 0 aromatic heterocycles. The van der Waals surface area contributed by atoms with Crippen LogP contribution in [0.3, 0.4) is 0 Å². The van der Waals surface area contributed by atoms with Gasteiger partial charge in [0, 0.05) is 5.69 Å². The zero-order valence-electron chi connectivity index (χ0n) is 15.9. The minimum atomic E-state index is -1.23. The molecule has 28 heavy (non-hydrogen) atoms. The number of rotatable bonds is 5. The van der Waals surface area contributed by atoms with Crippen molar-refractivity contribution in [2.75, 3.05) is 12.4 Å². The van der Waals surface area contributed by atoms with E-state index in [1.54, 1.807) is 38.3 Å². The highest BCUT2D eigenvalue weighted by atomic mass is 32.1. The highest BCUT2D eigenvalue weighted by Crippen LogP contribution is 2.30. The van der Waals surface area contributed by atoms with E-state index in [9.17, 15) is 9.59 Å². The fraction of sp³-hybridized carbons (Fsp3) is 0.250. The molecule has 2 aromatic rings. The van der Waals surface area contributed by atoms with Crippen LogP contribution < -0.4 is 20.8 Å². The Morgan fingerprint density at radius 2 is 1.96 bits per heavy atom. The number of benzene rings is 2. The highest BCUT2D eigenvalue weighted by Gasteiger charge is 2.50. The Kier molecular flexibility index (Phi) is 5.51. The molecule has 0 spiro atoms. The lowest BCUT2D eigenvalue weighted by Gasteiger charge is -2.23. The van der Waals surface area contributed by atoms with Crippen LogP contribution in [-0.2, 0) is 16.8 Å². The monoisotopic (exact) mass is 398 g/mol. The number of methoxy groups -OCH3 is 1. The first kappa shape index (κ1) is 19.6. The molecule has 0 saturated carbocycles. The Bertz CT molecular complexity index is 933. The topological polar surface area (TPSA) is 82.7 Å². The van der Waals surface area contributed by atoms with Crippen LogP contribution in [0.1, 0.15) is 25.0 Å². The normalized spacial score (nSPS) is 18.6. The fourth-order valence-corrected chi connectivity index (χ4v) is 3.21. The number of hydrogen-bond acceptors (Lipinski definition) is 4. The van der Waals surface area contributed by atoms with Gasteiger partial charge >= 0.3 is 6.03 Å². The number of carbonyl (C=O) groups is 2. The summed E-state index contributed by atoms with van der Waals surface area (Å²) in [6, 6.07) is 14.2. The third kappa shape index (κ3) is 3.77. The molecule has 0 radical (unpaired) electrons. The Morgan fingerprint density at radius 1 is 1.21 bits per heavy atom. The van der Waals surface area contributed by atoms with Gasteiger partial charge in [-0.15, -0.1) is 0 Å². The first-order chi connectivity index (χ1) is 13.4. The van der Waals surface area contributed by atoms with Crippen LogP contribution in [0.2, 0.25) is 0 Å². The fourth-order valence-electron chi connectivity index (χ4n) is 3.00. The largest absolute Gasteiger partial charge is 0.497 e. The maximum atomic E-state index is 13.0. The predicted octanol–water partition coefficient (Wildman–Crippen LogP) is 2.93. The van der Waals surface area contributed by atoms with E-state index in [0.29, 0.717) is 11.3 Å². The van der Waals surface area contributed by atoms with Gasteiger partial charge in [0.1, 0.15) is 11.3 Å². The molecule has 2 aromatic carbocycles. The minimum Gasteiger partial charge on any atom is -0.497 e. The maximum Gasteiger partial charge on any atom is 0.344 e. The number of ether oxygens (including phenoxy) is 1. The lowest BCUT2D eigenvalue weighted by atomic mass is 9.92. The molecular weight excluding hydrogens is 376 g/mol. The van der Waals surface area contributed by atoms with Crippen molar-refractivity contribution < 1.29 is 14.3 Å². The van der Waals surface area contributed by atoms with Crippen LogP contribution in [0.25, 0.3) is 0 Å². The summed E-state index contributed by atoms with van der Waals surface area (Å²) in [5.41, 5.74) is 3.99. The zero-order chi connectivity index (χ0) is 20.3. The summed E-state index contributed by atoms with van der Waals surface area (Å²) in [5.74, 6) is 0.136. The van der Waals surface area contributed by atoms with E-state index < -0.39 is 17.5 Å². The number of urea groups is 1. The molecule has 8 heteroatoms. The quantitative estimate of drug-likeness (QED) is 0.531. The third-order valence-corrected chi connectivity index (χ3v) is 4.84. The maximum absolute atomic E-state index is 13.0. The summed E-state index contributed by atoms with van der Waals surface area (Å²) >= 11 is 5.27. The number of aryl methyl sites for hydroxylation is 1. The Balaban J connectivity index is 1.75. The van der Waals surface area contributed by atoms with Gasteiger partial charge in [-0.2, -0.15) is 5.01 Å². The molecule has 0 unspecified atom stereocenters. The number of hydrazine groups is 1. The molecule has 1 aliphatic rings. The molecule has 3 N–H and O–H groups in total. The molecule has 7 nitrogen and oxygen atoms in total. The summed E-state index contributed by atoms with van der Waals surface area (Å²) in [6.45, 7) is 3.70. The molecule has 3 rings (SSSR count). The Labute approximate surface area is 169 Å². The van der Waals surface area contributed by atoms with Crippen LogP contribution in [0.4, 0.5) is 10.5 Å². The van der Waals surface area contributed by atoms with Crippen molar-refractivity contribution in [3.63, 3.8) is 0 Å². The van der Waals surface area contributed by atoms with Gasteiger partial charge in [-0.1, -0.05) is 31.2 Å². The van der Waals surface area contributed by atoms with Gasteiger partial charge in [0.25, 0.3) is 5.91 Å². The molecule has 3 amide bonds.